The fraction of sp³-hybridized carbons (Fsp3) is 0.0556. The summed E-state index contributed by atoms with van der Waals surface area (Å²) in [5.74, 6) is -0.546. The van der Waals surface area contributed by atoms with E-state index in [1.807, 2.05) is 29.0 Å². The van der Waals surface area contributed by atoms with Crippen molar-refractivity contribution in [3.8, 4) is 0 Å². The van der Waals surface area contributed by atoms with Gasteiger partial charge in [0.25, 0.3) is 11.8 Å². The van der Waals surface area contributed by atoms with Crippen LogP contribution >= 0.6 is 0 Å². The molecular weight excluding hydrogens is 290 g/mol. The van der Waals surface area contributed by atoms with Crippen molar-refractivity contribution in [3.63, 3.8) is 0 Å². The summed E-state index contributed by atoms with van der Waals surface area (Å²) in [6.07, 6.45) is 5.32. The van der Waals surface area contributed by atoms with Crippen LogP contribution in [0.5, 0.6) is 0 Å². The molecule has 5 nitrogen and oxygen atoms in total. The third-order valence-electron chi connectivity index (χ3n) is 3.89. The van der Waals surface area contributed by atoms with Gasteiger partial charge < -0.3 is 4.57 Å². The number of carbonyl (C=O) groups is 2. The molecule has 1 aliphatic heterocycles. The maximum atomic E-state index is 12.5. The van der Waals surface area contributed by atoms with E-state index in [4.69, 9.17) is 0 Å². The van der Waals surface area contributed by atoms with E-state index in [1.165, 1.54) is 4.90 Å². The number of anilines is 1. The fourth-order valence-corrected chi connectivity index (χ4v) is 2.81. The number of nitrogens with zero attached hydrogens (tertiary/aromatic N) is 3. The number of carbonyl (C=O) groups excluding carboxylic acids is 2. The van der Waals surface area contributed by atoms with Crippen molar-refractivity contribution in [2.75, 3.05) is 4.90 Å². The molecule has 0 N–H and O–H groups in total. The minimum atomic E-state index is -0.273. The Hall–Kier alpha value is -3.21. The monoisotopic (exact) mass is 303 g/mol. The molecule has 2 amide bonds. The first-order valence-corrected chi connectivity index (χ1v) is 7.26. The Kier molecular flexibility index (Phi) is 3.05. The lowest BCUT2D eigenvalue weighted by Gasteiger charge is -2.15. The Morgan fingerprint density at radius 2 is 1.65 bits per heavy atom. The van der Waals surface area contributed by atoms with Crippen LogP contribution in [0.4, 0.5) is 5.69 Å². The lowest BCUT2D eigenvalue weighted by molar-refractivity contribution is 0.0926. The van der Waals surface area contributed by atoms with Gasteiger partial charge in [-0.2, -0.15) is 0 Å². The van der Waals surface area contributed by atoms with Crippen LogP contribution in [-0.2, 0) is 6.54 Å². The number of amides is 2. The van der Waals surface area contributed by atoms with Crippen LogP contribution < -0.4 is 4.90 Å². The number of fused-ring (bicyclic) bond motifs is 1. The van der Waals surface area contributed by atoms with Crippen LogP contribution in [0.15, 0.2) is 67.3 Å². The van der Waals surface area contributed by atoms with Crippen LogP contribution in [0.2, 0.25) is 0 Å². The lowest BCUT2D eigenvalue weighted by Crippen LogP contribution is -2.29. The number of imide groups is 1. The van der Waals surface area contributed by atoms with Crippen molar-refractivity contribution in [1.29, 1.82) is 0 Å². The Morgan fingerprint density at radius 3 is 2.30 bits per heavy atom. The number of hydrogen-bond donors (Lipinski definition) is 0. The van der Waals surface area contributed by atoms with E-state index in [0.717, 1.165) is 5.56 Å². The van der Waals surface area contributed by atoms with Gasteiger partial charge in [0.1, 0.15) is 0 Å². The summed E-state index contributed by atoms with van der Waals surface area (Å²) in [5.41, 5.74) is 2.50. The lowest BCUT2D eigenvalue weighted by atomic mass is 10.1. The van der Waals surface area contributed by atoms with Gasteiger partial charge in [-0.05, 0) is 29.8 Å². The zero-order chi connectivity index (χ0) is 15.8. The van der Waals surface area contributed by atoms with E-state index in [-0.39, 0.29) is 11.8 Å². The largest absolute Gasteiger partial charge is 0.333 e. The molecule has 1 aliphatic rings. The number of rotatable bonds is 3. The van der Waals surface area contributed by atoms with Gasteiger partial charge in [-0.1, -0.05) is 24.3 Å². The molecule has 0 fully saturated rings. The average Bonchev–Trinajstić information content (AvgIpc) is 3.16. The topological polar surface area (TPSA) is 55.2 Å². The van der Waals surface area contributed by atoms with E-state index in [0.29, 0.717) is 23.4 Å². The molecule has 23 heavy (non-hydrogen) atoms. The first kappa shape index (κ1) is 13.5. The SMILES string of the molecule is O=C1c2ccccc2C(=O)N1c1cccc(Cn2ccnc2)c1. The first-order chi connectivity index (χ1) is 11.2. The van der Waals surface area contributed by atoms with Gasteiger partial charge in [0.05, 0.1) is 23.1 Å². The summed E-state index contributed by atoms with van der Waals surface area (Å²) in [6, 6.07) is 14.4. The predicted octanol–water partition coefficient (Wildman–Crippen LogP) is 2.73. The smallest absolute Gasteiger partial charge is 0.266 e. The van der Waals surface area contributed by atoms with Crippen molar-refractivity contribution >= 4 is 17.5 Å². The van der Waals surface area contributed by atoms with Gasteiger partial charge in [-0.25, -0.2) is 9.88 Å². The third-order valence-corrected chi connectivity index (χ3v) is 3.89. The Morgan fingerprint density at radius 1 is 0.913 bits per heavy atom. The molecule has 112 valence electrons. The van der Waals surface area contributed by atoms with Gasteiger partial charge in [-0.15, -0.1) is 0 Å². The average molecular weight is 303 g/mol. The van der Waals surface area contributed by atoms with Crippen molar-refractivity contribution in [3.05, 3.63) is 83.9 Å². The van der Waals surface area contributed by atoms with Crippen LogP contribution in [0.1, 0.15) is 26.3 Å². The predicted molar refractivity (Wildman–Crippen MR) is 85.4 cm³/mol. The Labute approximate surface area is 132 Å². The zero-order valence-electron chi connectivity index (χ0n) is 12.2. The maximum Gasteiger partial charge on any atom is 0.266 e. The first-order valence-electron chi connectivity index (χ1n) is 7.26. The molecule has 0 radical (unpaired) electrons. The van der Waals surface area contributed by atoms with Gasteiger partial charge >= 0.3 is 0 Å². The molecule has 4 rings (SSSR count). The quantitative estimate of drug-likeness (QED) is 0.699. The molecule has 0 saturated carbocycles. The summed E-state index contributed by atoms with van der Waals surface area (Å²) >= 11 is 0. The second kappa shape index (κ2) is 5.21. The molecule has 3 aromatic rings. The molecule has 2 aromatic carbocycles. The van der Waals surface area contributed by atoms with Crippen LogP contribution in [0, 0.1) is 0 Å². The highest BCUT2D eigenvalue weighted by molar-refractivity contribution is 6.34. The van der Waals surface area contributed by atoms with Gasteiger partial charge in [0.2, 0.25) is 0 Å². The highest BCUT2D eigenvalue weighted by atomic mass is 16.2. The molecule has 0 atom stereocenters. The number of benzene rings is 2. The Balaban J connectivity index is 1.69. The van der Waals surface area contributed by atoms with E-state index in [1.54, 1.807) is 42.9 Å². The summed E-state index contributed by atoms with van der Waals surface area (Å²) in [6.45, 7) is 0.636. The molecule has 0 spiro atoms. The molecule has 0 bridgehead atoms. The molecule has 5 heteroatoms. The van der Waals surface area contributed by atoms with Crippen LogP contribution in [0.25, 0.3) is 0 Å². The highest BCUT2D eigenvalue weighted by Gasteiger charge is 2.36. The summed E-state index contributed by atoms with van der Waals surface area (Å²) in [5, 5.41) is 0. The molecule has 0 aliphatic carbocycles. The molecular formula is C18H13N3O2. The highest BCUT2D eigenvalue weighted by Crippen LogP contribution is 2.28. The number of hydrogen-bond acceptors (Lipinski definition) is 3. The van der Waals surface area contributed by atoms with E-state index in [2.05, 4.69) is 4.98 Å². The molecule has 2 heterocycles. The van der Waals surface area contributed by atoms with E-state index in [9.17, 15) is 9.59 Å². The maximum absolute atomic E-state index is 12.5. The van der Waals surface area contributed by atoms with Gasteiger partial charge in [0, 0.05) is 18.9 Å². The Bertz CT molecular complexity index is 865. The normalized spacial score (nSPS) is 13.5. The van der Waals surface area contributed by atoms with Gasteiger partial charge in [0.15, 0.2) is 0 Å². The van der Waals surface area contributed by atoms with Crippen molar-refractivity contribution < 1.29 is 9.59 Å². The second-order valence-electron chi connectivity index (χ2n) is 5.40. The zero-order valence-corrected chi connectivity index (χ0v) is 12.2. The number of imidazole rings is 1. The molecule has 0 saturated heterocycles. The van der Waals surface area contributed by atoms with Crippen LogP contribution in [-0.4, -0.2) is 21.4 Å². The number of aromatic nitrogens is 2. The second-order valence-corrected chi connectivity index (χ2v) is 5.40. The van der Waals surface area contributed by atoms with Crippen molar-refractivity contribution in [2.24, 2.45) is 0 Å². The molecule has 0 unspecified atom stereocenters. The summed E-state index contributed by atoms with van der Waals surface area (Å²) in [7, 11) is 0. The summed E-state index contributed by atoms with van der Waals surface area (Å²) < 4.78 is 1.93. The molecule has 1 aromatic heterocycles. The van der Waals surface area contributed by atoms with Crippen molar-refractivity contribution in [2.45, 2.75) is 6.54 Å². The standard InChI is InChI=1S/C18H13N3O2/c22-17-15-6-1-2-7-16(15)18(23)21(17)14-5-3-4-13(10-14)11-20-9-8-19-12-20/h1-10,12H,11H2. The van der Waals surface area contributed by atoms with E-state index < -0.39 is 0 Å². The van der Waals surface area contributed by atoms with Crippen LogP contribution in [0.3, 0.4) is 0 Å². The van der Waals surface area contributed by atoms with Crippen molar-refractivity contribution in [1.82, 2.24) is 9.55 Å². The minimum Gasteiger partial charge on any atom is -0.333 e. The fourth-order valence-electron chi connectivity index (χ4n) is 2.81. The van der Waals surface area contributed by atoms with Gasteiger partial charge in [-0.3, -0.25) is 9.59 Å². The van der Waals surface area contributed by atoms with E-state index >= 15 is 0 Å². The third kappa shape index (κ3) is 2.23. The minimum absolute atomic E-state index is 0.273. The summed E-state index contributed by atoms with van der Waals surface area (Å²) in [4.78, 5) is 30.3.